The highest BCUT2D eigenvalue weighted by Gasteiger charge is 2.26. The summed E-state index contributed by atoms with van der Waals surface area (Å²) in [4.78, 5) is 12.3. The molecule has 7 nitrogen and oxygen atoms in total. The summed E-state index contributed by atoms with van der Waals surface area (Å²) in [6.45, 7) is 2.21. The van der Waals surface area contributed by atoms with Crippen LogP contribution in [0.1, 0.15) is 47.8 Å². The first kappa shape index (κ1) is 22.9. The summed E-state index contributed by atoms with van der Waals surface area (Å²) in [5, 5.41) is 21.9. The lowest BCUT2D eigenvalue weighted by Gasteiger charge is -2.28. The van der Waals surface area contributed by atoms with Gasteiger partial charge in [0.2, 0.25) is 5.82 Å². The molecule has 1 saturated carbocycles. The molecule has 35 heavy (non-hydrogen) atoms. The van der Waals surface area contributed by atoms with E-state index in [2.05, 4.69) is 10.4 Å². The number of phenolic OH excluding ortho intramolecular Hbond substituents is 1. The molecule has 0 unspecified atom stereocenters. The standard InChI is InChI=1S/C25H24F3N5O2/c1-14-8-9-32(30-14)18-7-4-16-13-33(31-21(16)10-18)17-5-2-15(3-6-17)12-29-25(35)19-11-20(26)24(34)23(28)22(19)27/h4,7-11,13,15,17,34H,2-3,5-6,12H2,1H3,(H,29,35). The summed E-state index contributed by atoms with van der Waals surface area (Å²) in [5.41, 5.74) is 2.01. The lowest BCUT2D eigenvalue weighted by atomic mass is 9.86. The molecule has 0 spiro atoms. The minimum absolute atomic E-state index is 0.157. The zero-order chi connectivity index (χ0) is 24.7. The topological polar surface area (TPSA) is 85.0 Å². The van der Waals surface area contributed by atoms with Crippen molar-refractivity contribution in [1.82, 2.24) is 24.9 Å². The fraction of sp³-hybridized carbons (Fsp3) is 0.320. The van der Waals surface area contributed by atoms with Crippen LogP contribution in [0.4, 0.5) is 13.2 Å². The van der Waals surface area contributed by atoms with Crippen LogP contribution >= 0.6 is 0 Å². The van der Waals surface area contributed by atoms with Crippen molar-refractivity contribution in [1.29, 1.82) is 0 Å². The van der Waals surface area contributed by atoms with Gasteiger partial charge in [-0.25, -0.2) is 13.5 Å². The Morgan fingerprint density at radius 1 is 1.09 bits per heavy atom. The normalized spacial score (nSPS) is 18.2. The molecule has 0 aliphatic heterocycles. The largest absolute Gasteiger partial charge is 0.503 e. The molecule has 2 aromatic heterocycles. The zero-order valence-electron chi connectivity index (χ0n) is 19.0. The number of rotatable bonds is 5. The third-order valence-corrected chi connectivity index (χ3v) is 6.62. The second kappa shape index (κ2) is 9.09. The first-order chi connectivity index (χ1) is 16.8. The molecule has 10 heteroatoms. The number of nitrogens with zero attached hydrogens (tertiary/aromatic N) is 4. The Hall–Kier alpha value is -3.82. The van der Waals surface area contributed by atoms with Crippen molar-refractivity contribution in [3.63, 3.8) is 0 Å². The zero-order valence-corrected chi connectivity index (χ0v) is 19.0. The van der Waals surface area contributed by atoms with Crippen molar-refractivity contribution in [3.8, 4) is 11.4 Å². The van der Waals surface area contributed by atoms with Gasteiger partial charge in [-0.3, -0.25) is 9.48 Å². The van der Waals surface area contributed by atoms with E-state index in [0.29, 0.717) is 6.07 Å². The van der Waals surface area contributed by atoms with Crippen molar-refractivity contribution in [2.45, 2.75) is 38.6 Å². The maximum Gasteiger partial charge on any atom is 0.254 e. The molecule has 0 atom stereocenters. The Labute approximate surface area is 199 Å². The SMILES string of the molecule is Cc1ccn(-c2ccc3cn(C4CCC(CNC(=O)c5cc(F)c(O)c(F)c5F)CC4)nc3c2)n1. The lowest BCUT2D eigenvalue weighted by Crippen LogP contribution is -2.32. The van der Waals surface area contributed by atoms with Crippen LogP contribution in [0.25, 0.3) is 16.6 Å². The number of hydrogen-bond acceptors (Lipinski definition) is 4. The van der Waals surface area contributed by atoms with Gasteiger partial charge in [0.1, 0.15) is 0 Å². The molecule has 2 N–H and O–H groups in total. The lowest BCUT2D eigenvalue weighted by molar-refractivity contribution is 0.0935. The van der Waals surface area contributed by atoms with Gasteiger partial charge in [-0.2, -0.15) is 14.6 Å². The summed E-state index contributed by atoms with van der Waals surface area (Å²) in [6, 6.07) is 8.72. The molecule has 1 aliphatic rings. The van der Waals surface area contributed by atoms with Crippen molar-refractivity contribution in [3.05, 3.63) is 71.4 Å². The first-order valence-corrected chi connectivity index (χ1v) is 11.5. The first-order valence-electron chi connectivity index (χ1n) is 11.5. The Balaban J connectivity index is 1.19. The third kappa shape index (κ3) is 4.48. The van der Waals surface area contributed by atoms with Crippen LogP contribution in [0.3, 0.4) is 0 Å². The molecule has 5 rings (SSSR count). The van der Waals surface area contributed by atoms with Crippen LogP contribution in [0, 0.1) is 30.3 Å². The average Bonchev–Trinajstić information content (AvgIpc) is 3.49. The monoisotopic (exact) mass is 483 g/mol. The molecular weight excluding hydrogens is 459 g/mol. The van der Waals surface area contributed by atoms with Gasteiger partial charge in [0.15, 0.2) is 17.4 Å². The van der Waals surface area contributed by atoms with Crippen LogP contribution in [0.5, 0.6) is 5.75 Å². The van der Waals surface area contributed by atoms with Crippen LogP contribution in [0.15, 0.2) is 42.7 Å². The summed E-state index contributed by atoms with van der Waals surface area (Å²) in [7, 11) is 0. The number of benzene rings is 2. The van der Waals surface area contributed by atoms with E-state index in [1.54, 1.807) is 0 Å². The Morgan fingerprint density at radius 3 is 2.57 bits per heavy atom. The summed E-state index contributed by atoms with van der Waals surface area (Å²) in [5.74, 6) is -6.91. The van der Waals surface area contributed by atoms with E-state index in [-0.39, 0.29) is 18.5 Å². The summed E-state index contributed by atoms with van der Waals surface area (Å²) < 4.78 is 44.8. The number of fused-ring (bicyclic) bond motifs is 1. The van der Waals surface area contributed by atoms with Gasteiger partial charge in [-0.1, -0.05) is 0 Å². The van der Waals surface area contributed by atoms with Gasteiger partial charge in [0, 0.05) is 24.3 Å². The van der Waals surface area contributed by atoms with E-state index in [1.165, 1.54) is 0 Å². The van der Waals surface area contributed by atoms with Crippen LogP contribution in [0.2, 0.25) is 0 Å². The quantitative estimate of drug-likeness (QED) is 0.399. The molecule has 0 saturated heterocycles. The number of hydrogen-bond donors (Lipinski definition) is 2. The second-order valence-electron chi connectivity index (χ2n) is 9.02. The van der Waals surface area contributed by atoms with E-state index >= 15 is 0 Å². The van der Waals surface area contributed by atoms with Gasteiger partial charge in [0.25, 0.3) is 5.91 Å². The predicted octanol–water partition coefficient (Wildman–Crippen LogP) is 4.81. The average molecular weight is 483 g/mol. The molecule has 1 aliphatic carbocycles. The number of nitrogens with one attached hydrogen (secondary N) is 1. The fourth-order valence-electron chi connectivity index (χ4n) is 4.61. The van der Waals surface area contributed by atoms with Crippen molar-refractivity contribution < 1.29 is 23.1 Å². The predicted molar refractivity (Wildman–Crippen MR) is 123 cm³/mol. The number of carbonyl (C=O) groups is 1. The van der Waals surface area contributed by atoms with Gasteiger partial charge < -0.3 is 10.4 Å². The molecule has 0 radical (unpaired) electrons. The van der Waals surface area contributed by atoms with E-state index in [9.17, 15) is 18.0 Å². The Morgan fingerprint density at radius 2 is 1.86 bits per heavy atom. The maximum absolute atomic E-state index is 13.9. The van der Waals surface area contributed by atoms with E-state index in [1.807, 2.05) is 52.9 Å². The Bertz CT molecular complexity index is 1410. The molecule has 2 aromatic carbocycles. The van der Waals surface area contributed by atoms with Gasteiger partial charge in [-0.15, -0.1) is 0 Å². The van der Waals surface area contributed by atoms with E-state index in [0.717, 1.165) is 48.0 Å². The van der Waals surface area contributed by atoms with Gasteiger partial charge >= 0.3 is 0 Å². The molecule has 0 bridgehead atoms. The number of aromatic nitrogens is 4. The molecular formula is C25H24F3N5O2. The molecule has 2 heterocycles. The smallest absolute Gasteiger partial charge is 0.254 e. The van der Waals surface area contributed by atoms with Crippen molar-refractivity contribution in [2.75, 3.05) is 6.54 Å². The third-order valence-electron chi connectivity index (χ3n) is 6.62. The minimum Gasteiger partial charge on any atom is -0.503 e. The highest BCUT2D eigenvalue weighted by molar-refractivity contribution is 5.94. The van der Waals surface area contributed by atoms with Crippen LogP contribution < -0.4 is 5.32 Å². The summed E-state index contributed by atoms with van der Waals surface area (Å²) in [6.07, 6.45) is 7.31. The highest BCUT2D eigenvalue weighted by Crippen LogP contribution is 2.33. The second-order valence-corrected chi connectivity index (χ2v) is 9.02. The van der Waals surface area contributed by atoms with E-state index in [4.69, 9.17) is 10.2 Å². The number of phenols is 1. The summed E-state index contributed by atoms with van der Waals surface area (Å²) >= 11 is 0. The van der Waals surface area contributed by atoms with Gasteiger partial charge in [0.05, 0.1) is 28.5 Å². The molecule has 1 fully saturated rings. The number of aryl methyl sites for hydroxylation is 1. The van der Waals surface area contributed by atoms with Crippen LogP contribution in [-0.2, 0) is 0 Å². The highest BCUT2D eigenvalue weighted by atomic mass is 19.2. The molecule has 1 amide bonds. The molecule has 4 aromatic rings. The number of carbonyl (C=O) groups excluding carboxylic acids is 1. The van der Waals surface area contributed by atoms with Crippen molar-refractivity contribution >= 4 is 16.8 Å². The van der Waals surface area contributed by atoms with Gasteiger partial charge in [-0.05, 0) is 68.9 Å². The van der Waals surface area contributed by atoms with Crippen LogP contribution in [-0.4, -0.2) is 37.1 Å². The maximum atomic E-state index is 13.9. The number of amides is 1. The number of halogens is 3. The number of aromatic hydroxyl groups is 1. The minimum atomic E-state index is -1.77. The van der Waals surface area contributed by atoms with Crippen molar-refractivity contribution in [2.24, 2.45) is 5.92 Å². The van der Waals surface area contributed by atoms with E-state index < -0.39 is 34.7 Å². The fourth-order valence-corrected chi connectivity index (χ4v) is 4.61. The Kier molecular flexibility index (Phi) is 5.96. The molecule has 182 valence electrons.